The summed E-state index contributed by atoms with van der Waals surface area (Å²) < 4.78 is 59.1. The predicted octanol–water partition coefficient (Wildman–Crippen LogP) is 4.39. The number of anilines is 1. The third-order valence-electron chi connectivity index (χ3n) is 19.1. The number of nitrogens with two attached hydrogens (primary N) is 4. The van der Waals surface area contributed by atoms with Crippen LogP contribution in [0.2, 0.25) is 20.1 Å². The zero-order valence-corrected chi connectivity index (χ0v) is 70.1. The van der Waals surface area contributed by atoms with Crippen LogP contribution in [0, 0.1) is 10.1 Å². The van der Waals surface area contributed by atoms with E-state index in [0.717, 1.165) is 47.2 Å². The van der Waals surface area contributed by atoms with Crippen LogP contribution >= 0.6 is 46.4 Å². The molecule has 15 atom stereocenters. The molecular weight excluding hydrogens is 1640 g/mol. The number of halogens is 4. The summed E-state index contributed by atoms with van der Waals surface area (Å²) in [6.45, 7) is 9.95. The molecule has 1 aliphatic carbocycles. The van der Waals surface area contributed by atoms with E-state index in [2.05, 4.69) is 52.3 Å². The number of aliphatic hydroxyl groups is 5. The number of likely N-dealkylation sites (N-methyl/N-ethyl adjacent to an activating group) is 2. The molecule has 2 saturated heterocycles. The number of nitrogens with one attached hydrogen (secondary N) is 5. The van der Waals surface area contributed by atoms with Crippen molar-refractivity contribution < 1.29 is 108 Å². The smallest absolute Gasteiger partial charge is 0.341 e. The van der Waals surface area contributed by atoms with Crippen molar-refractivity contribution in [1.82, 2.24) is 35.5 Å². The second kappa shape index (κ2) is 46.4. The number of hydrogen-bond acceptors (Lipinski definition) is 30. The van der Waals surface area contributed by atoms with Gasteiger partial charge in [-0.3, -0.25) is 14.4 Å². The summed E-state index contributed by atoms with van der Waals surface area (Å²) in [7, 11) is 7.89. The molecule has 1 saturated carbocycles. The molecule has 656 valence electrons. The predicted molar refractivity (Wildman–Crippen MR) is 440 cm³/mol. The van der Waals surface area contributed by atoms with Crippen molar-refractivity contribution in [1.29, 1.82) is 0 Å². The Kier molecular flexibility index (Phi) is 38.1. The van der Waals surface area contributed by atoms with Gasteiger partial charge in [-0.15, -0.1) is 10.1 Å². The van der Waals surface area contributed by atoms with Gasteiger partial charge in [0.15, 0.2) is 24.1 Å². The number of amides is 2. The van der Waals surface area contributed by atoms with Crippen LogP contribution in [0.1, 0.15) is 98.2 Å². The summed E-state index contributed by atoms with van der Waals surface area (Å²) in [6.07, 6.45) is 1.74. The van der Waals surface area contributed by atoms with E-state index >= 15 is 0 Å². The van der Waals surface area contributed by atoms with Crippen molar-refractivity contribution in [3.8, 4) is 28.7 Å². The summed E-state index contributed by atoms with van der Waals surface area (Å²) in [5.41, 5.74) is 26.1. The van der Waals surface area contributed by atoms with Gasteiger partial charge in [-0.1, -0.05) is 64.6 Å². The molecule has 2 amide bonds. The fourth-order valence-electron chi connectivity index (χ4n) is 13.0. The Morgan fingerprint density at radius 1 is 0.840 bits per heavy atom. The lowest BCUT2D eigenvalue weighted by Crippen LogP contribution is -2.68. The van der Waals surface area contributed by atoms with E-state index in [0.29, 0.717) is 99.7 Å². The number of pyridine rings is 1. The number of aliphatic hydroxyl groups excluding tert-OH is 4. The van der Waals surface area contributed by atoms with Crippen molar-refractivity contribution in [3.05, 3.63) is 178 Å². The first-order chi connectivity index (χ1) is 56.4. The standard InChI is InChI=1S/C20H41N5O7.C18H14Cl4N2O.C16H24N2O3.C12H18N2O4.C12H9NO6.HNO3/c1-20(28)8-29-19(14(27)17(20)25-3)32-16-12(23)6-11(22)15(13(16)26)31-18-10(21)5-4-9(30-18)7-24-2;19-13-2-1-12(16(21)7-13)10-25-18(9-24-6-5-23-11-24)15-4-3-14(20)8-17(15)22;1-16(2,3)17-9-11(19)10-21-14-6-4-5-13-12(14)7-8-15(20)18-13;1-17-8-3-4-11(18-2)9(5-8)10(15)7-14-12(16)6-13;1-17-13-4-7(12(15)16)11(14)6-2-9-10(3-8(6)13)19-5-18-9;2-1(3)4/h9-19,24-28H,4-8,21-23H2,1-3H3;1-8,11,18H,9-10H2;4-6,11,17,19H,7-10H2,1-3H3,(H,18,20);3-5,10,15H,6-7,13H2,1-2H3,(H,14,16);2-4H,5H2,1H3,(H,15,16);(H,2,3,4)/t9-,10+,11-,12+,13-,14+,15+,16-,17+,18+,19+,20-;;;;;/m0...../s1. The third-order valence-corrected chi connectivity index (χ3v) is 20.2. The first kappa shape index (κ1) is 97.5. The van der Waals surface area contributed by atoms with Crippen molar-refractivity contribution in [2.24, 2.45) is 22.9 Å². The van der Waals surface area contributed by atoms with Crippen LogP contribution in [0.4, 0.5) is 5.69 Å². The van der Waals surface area contributed by atoms with Crippen molar-refractivity contribution in [2.45, 2.75) is 170 Å². The van der Waals surface area contributed by atoms with Gasteiger partial charge in [-0.2, -0.15) is 4.73 Å². The molecule has 3 unspecified atom stereocenters. The number of carbonyl (C=O) groups is 3. The molecule has 3 fully saturated rings. The van der Waals surface area contributed by atoms with Gasteiger partial charge in [0.1, 0.15) is 78.8 Å². The third kappa shape index (κ3) is 28.8. The van der Waals surface area contributed by atoms with Crippen LogP contribution < -0.4 is 83.5 Å². The lowest BCUT2D eigenvalue weighted by molar-refractivity contribution is -0.742. The Hall–Kier alpha value is -8.59. The number of aromatic carboxylic acids is 1. The van der Waals surface area contributed by atoms with Crippen molar-refractivity contribution in [3.63, 3.8) is 0 Å². The van der Waals surface area contributed by atoms with Gasteiger partial charge in [-0.25, -0.2) is 9.78 Å². The molecule has 2 aromatic heterocycles. The summed E-state index contributed by atoms with van der Waals surface area (Å²) in [5, 5.41) is 91.8. The lowest BCUT2D eigenvalue weighted by Gasteiger charge is -2.48. The molecule has 6 heterocycles. The van der Waals surface area contributed by atoms with E-state index < -0.39 is 89.4 Å². The maximum absolute atomic E-state index is 12.1. The summed E-state index contributed by atoms with van der Waals surface area (Å²) in [6, 6.07) is 22.2. The molecule has 7 aromatic rings. The molecule has 5 aromatic carbocycles. The molecule has 4 aliphatic heterocycles. The van der Waals surface area contributed by atoms with E-state index in [-0.39, 0.29) is 79.6 Å². The molecule has 37 nitrogen and oxygen atoms in total. The maximum Gasteiger partial charge on any atom is 0.341 e. The van der Waals surface area contributed by atoms with Crippen LogP contribution in [0.25, 0.3) is 10.9 Å². The maximum atomic E-state index is 12.1. The van der Waals surface area contributed by atoms with E-state index in [1.54, 1.807) is 75.0 Å². The topological polar surface area (TPSA) is 542 Å². The molecule has 41 heteroatoms. The monoisotopic (exact) mass is 1750 g/mol. The number of benzene rings is 5. The quantitative estimate of drug-likeness (QED) is 0.0264. The highest BCUT2D eigenvalue weighted by Gasteiger charge is 2.51. The average molecular weight is 1750 g/mol. The highest BCUT2D eigenvalue weighted by atomic mass is 35.5. The van der Waals surface area contributed by atoms with Gasteiger partial charge in [0.05, 0.1) is 88.2 Å². The number of methoxy groups -OCH3 is 2. The lowest BCUT2D eigenvalue weighted by atomic mass is 9.84. The Morgan fingerprint density at radius 2 is 1.51 bits per heavy atom. The molecule has 20 N–H and O–H groups in total. The second-order valence-electron chi connectivity index (χ2n) is 29.1. The molecule has 12 rings (SSSR count). The molecule has 0 spiro atoms. The van der Waals surface area contributed by atoms with E-state index in [1.165, 1.54) is 32.1 Å². The van der Waals surface area contributed by atoms with Crippen LogP contribution in [-0.2, 0) is 52.8 Å². The molecule has 0 radical (unpaired) electrons. The minimum atomic E-state index is -1.50. The molecule has 5 aliphatic rings. The highest BCUT2D eigenvalue weighted by Crippen LogP contribution is 2.38. The first-order valence-corrected chi connectivity index (χ1v) is 39.1. The number of rotatable bonds is 26. The number of β-amino-alcohol motifs (C(OH)–C–C–N with tert-alkyl or cyclic N) is 1. The Balaban J connectivity index is 0.000000206. The molecular formula is C78H107Cl4N13O24. The Bertz CT molecular complexity index is 4500. The number of carboxylic acids is 1. The molecule has 0 bridgehead atoms. The van der Waals surface area contributed by atoms with Gasteiger partial charge in [0.25, 0.3) is 5.09 Å². The van der Waals surface area contributed by atoms with E-state index in [1.807, 2.05) is 48.1 Å². The SMILES string of the molecule is CC(C)(C)NCC(O)COc1cccc2c1CCC(=O)N2.CNC[C@@H]1CC[C@@H](N)[C@@H](O[C@H]2[C@H](O)[C@@H](O[C@H]3OC[C@](C)(O)[C@H](NC)[C@H]3O)[C@H](N)C[C@@H]2N)O1.COc1ccc(OC)c(C(O)CNC(=O)CN)c1.COn1cc(C(=O)O)c(=O)c2cc3c(cc21)OCO3.Clc1ccc(COC(Cn2ccnc2)c2ccc(Cl)cc2Cl)c(Cl)c1.O=[N+]([O-])O. The van der Waals surface area contributed by atoms with Crippen LogP contribution in [-0.4, -0.2) is 239 Å². The molecule has 119 heavy (non-hydrogen) atoms. The minimum absolute atomic E-state index is 0.0306. The first-order valence-electron chi connectivity index (χ1n) is 37.6. The number of hydrogen-bond donors (Lipinski definition) is 16. The average Bonchev–Trinajstić information content (AvgIpc) is 1.76. The Morgan fingerprint density at radius 3 is 2.12 bits per heavy atom. The van der Waals surface area contributed by atoms with E-state index in [9.17, 15) is 44.7 Å². The minimum Gasteiger partial charge on any atom is -0.497 e. The van der Waals surface area contributed by atoms with Gasteiger partial charge in [0.2, 0.25) is 24.0 Å². The van der Waals surface area contributed by atoms with Crippen molar-refractivity contribution >= 4 is 80.8 Å². The van der Waals surface area contributed by atoms with Crippen LogP contribution in [0.3, 0.4) is 0 Å². The normalized spacial score (nSPS) is 23.0. The van der Waals surface area contributed by atoms with E-state index in [4.69, 9.17) is 142 Å². The van der Waals surface area contributed by atoms with Gasteiger partial charge >= 0.3 is 5.97 Å². The fraction of sp³-hybridized carbons (Fsp3) is 0.500. The van der Waals surface area contributed by atoms with Crippen LogP contribution in [0.15, 0.2) is 115 Å². The van der Waals surface area contributed by atoms with Crippen LogP contribution in [0.5, 0.6) is 28.7 Å². The summed E-state index contributed by atoms with van der Waals surface area (Å²) >= 11 is 24.5. The zero-order valence-electron chi connectivity index (χ0n) is 67.1. The highest BCUT2D eigenvalue weighted by molar-refractivity contribution is 6.35. The number of carbonyl (C=O) groups excluding carboxylic acids is 2. The number of fused-ring (bicyclic) bond motifs is 3. The summed E-state index contributed by atoms with van der Waals surface area (Å²) in [5.74, 6) is 1.18. The fourth-order valence-corrected chi connectivity index (χ4v) is 14.0. The number of carboxylic acid groups (broad SMARTS) is 1. The number of ether oxygens (including phenoxy) is 10. The second-order valence-corrected chi connectivity index (χ2v) is 30.8. The number of aromatic nitrogens is 3. The Labute approximate surface area is 706 Å². The zero-order chi connectivity index (χ0) is 87.6. The van der Waals surface area contributed by atoms with Crippen molar-refractivity contribution in [2.75, 3.05) is 86.9 Å². The number of imidazole rings is 1. The number of nitrogens with zero attached hydrogens (tertiary/aromatic N) is 4. The summed E-state index contributed by atoms with van der Waals surface area (Å²) in [4.78, 5) is 63.0. The van der Waals surface area contributed by atoms with Gasteiger partial charge in [-0.05, 0) is 134 Å². The largest absolute Gasteiger partial charge is 0.497 e. The van der Waals surface area contributed by atoms with Gasteiger partial charge < -0.3 is 142 Å². The van der Waals surface area contributed by atoms with Gasteiger partial charge in [0, 0.05) is 105 Å².